The minimum absolute atomic E-state index is 0.101. The predicted molar refractivity (Wildman–Crippen MR) is 145 cm³/mol. The second kappa shape index (κ2) is 11.9. The van der Waals surface area contributed by atoms with Crippen LogP contribution in [0, 0.1) is 32.8 Å². The van der Waals surface area contributed by atoms with Gasteiger partial charge in [0.25, 0.3) is 5.69 Å². The van der Waals surface area contributed by atoms with Crippen molar-refractivity contribution in [3.8, 4) is 11.8 Å². The van der Waals surface area contributed by atoms with Gasteiger partial charge in [0.15, 0.2) is 5.76 Å². The molecule has 2 aromatic carbocycles. The summed E-state index contributed by atoms with van der Waals surface area (Å²) in [5.41, 5.74) is -1.41. The fourth-order valence-electron chi connectivity index (χ4n) is 3.64. The molecule has 2 aromatic rings. The zero-order valence-corrected chi connectivity index (χ0v) is 23.2. The molecule has 3 atom stereocenters. The SMILES string of the molecule is C[C@@H](O)[C@H]1C(=O)N(C(C(=S)OCc2ccc([N+](=O)[O-])cc2)=C(Oc2ccc(C#N)cc2)C(=O)C(C)(C)C)[C@H]1Cl. The zero-order chi connectivity index (χ0) is 29.1. The van der Waals surface area contributed by atoms with Gasteiger partial charge in [-0.25, -0.2) is 0 Å². The topological polar surface area (TPSA) is 143 Å². The summed E-state index contributed by atoms with van der Waals surface area (Å²) in [6.07, 6.45) is -1.06. The number of nitro groups is 1. The number of ether oxygens (including phenoxy) is 2. The summed E-state index contributed by atoms with van der Waals surface area (Å²) in [7, 11) is 0. The largest absolute Gasteiger partial charge is 0.477 e. The van der Waals surface area contributed by atoms with Gasteiger partial charge in [-0.3, -0.25) is 24.6 Å². The molecule has 1 N–H and O–H groups in total. The molecule has 0 spiro atoms. The molecule has 1 heterocycles. The predicted octanol–water partition coefficient (Wildman–Crippen LogP) is 4.62. The molecule has 1 amide bonds. The fraction of sp³-hybridized carbons (Fsp3) is 0.333. The summed E-state index contributed by atoms with van der Waals surface area (Å²) in [6.45, 7) is 6.26. The molecule has 0 radical (unpaired) electrons. The van der Waals surface area contributed by atoms with Crippen LogP contribution in [0.2, 0.25) is 0 Å². The normalized spacial score (nSPS) is 18.3. The number of amides is 1. The number of thiocarbonyl (C=S) groups is 1. The van der Waals surface area contributed by atoms with Crippen LogP contribution in [-0.2, 0) is 20.9 Å². The Balaban J connectivity index is 2.07. The third kappa shape index (κ3) is 6.60. The molecule has 1 saturated heterocycles. The zero-order valence-electron chi connectivity index (χ0n) is 21.6. The van der Waals surface area contributed by atoms with E-state index in [0.717, 1.165) is 4.90 Å². The Morgan fingerprint density at radius 3 is 2.28 bits per heavy atom. The van der Waals surface area contributed by atoms with Crippen molar-refractivity contribution in [3.63, 3.8) is 0 Å². The molecular formula is C27H26ClN3O7S. The van der Waals surface area contributed by atoms with Crippen LogP contribution in [0.15, 0.2) is 60.0 Å². The van der Waals surface area contributed by atoms with Gasteiger partial charge in [0.05, 0.1) is 28.6 Å². The van der Waals surface area contributed by atoms with E-state index >= 15 is 0 Å². The highest BCUT2D eigenvalue weighted by molar-refractivity contribution is 7.80. The van der Waals surface area contributed by atoms with Crippen LogP contribution >= 0.6 is 23.8 Å². The Kier molecular flexibility index (Phi) is 9.07. The number of aliphatic hydroxyl groups is 1. The maximum absolute atomic E-state index is 13.6. The number of nitriles is 1. The number of carbonyl (C=O) groups excluding carboxylic acids is 2. The number of halogens is 1. The number of nitrogens with zero attached hydrogens (tertiary/aromatic N) is 3. The molecule has 3 rings (SSSR count). The molecule has 39 heavy (non-hydrogen) atoms. The minimum Gasteiger partial charge on any atom is -0.477 e. The van der Waals surface area contributed by atoms with Gasteiger partial charge in [-0.05, 0) is 61.1 Å². The van der Waals surface area contributed by atoms with Gasteiger partial charge in [-0.15, -0.1) is 0 Å². The molecule has 204 valence electrons. The Bertz CT molecular complexity index is 1360. The smallest absolute Gasteiger partial charge is 0.269 e. The van der Waals surface area contributed by atoms with Crippen LogP contribution in [-0.4, -0.2) is 43.3 Å². The summed E-state index contributed by atoms with van der Waals surface area (Å²) in [4.78, 5) is 38.2. The maximum Gasteiger partial charge on any atom is 0.269 e. The molecule has 0 unspecified atom stereocenters. The van der Waals surface area contributed by atoms with Gasteiger partial charge in [0.2, 0.25) is 16.7 Å². The third-order valence-corrected chi connectivity index (χ3v) is 6.62. The number of carbonyl (C=O) groups is 2. The lowest BCUT2D eigenvalue weighted by molar-refractivity contribution is -0.384. The number of aliphatic hydroxyl groups excluding tert-OH is 1. The molecule has 1 fully saturated rings. The fourth-order valence-corrected chi connectivity index (χ4v) is 4.40. The number of likely N-dealkylation sites (tertiary alicyclic amines) is 1. The van der Waals surface area contributed by atoms with E-state index in [1.807, 2.05) is 6.07 Å². The summed E-state index contributed by atoms with van der Waals surface area (Å²) >= 11 is 12.0. The van der Waals surface area contributed by atoms with Crippen molar-refractivity contribution in [2.75, 3.05) is 0 Å². The highest BCUT2D eigenvalue weighted by Crippen LogP contribution is 2.39. The lowest BCUT2D eigenvalue weighted by Crippen LogP contribution is -2.62. The minimum atomic E-state index is -1.06. The third-order valence-electron chi connectivity index (χ3n) is 5.84. The first-order valence-corrected chi connectivity index (χ1v) is 12.6. The molecule has 0 bridgehead atoms. The molecule has 10 nitrogen and oxygen atoms in total. The molecule has 0 aliphatic carbocycles. The Morgan fingerprint density at radius 1 is 1.23 bits per heavy atom. The number of hydrogen-bond donors (Lipinski definition) is 1. The summed E-state index contributed by atoms with van der Waals surface area (Å²) < 4.78 is 11.8. The second-order valence-electron chi connectivity index (χ2n) is 9.84. The highest BCUT2D eigenvalue weighted by Gasteiger charge is 2.53. The maximum atomic E-state index is 13.6. The van der Waals surface area contributed by atoms with Gasteiger partial charge in [0, 0.05) is 17.5 Å². The second-order valence-corrected chi connectivity index (χ2v) is 10.7. The average molecular weight is 572 g/mol. The Morgan fingerprint density at radius 2 is 1.82 bits per heavy atom. The van der Waals surface area contributed by atoms with E-state index in [9.17, 15) is 24.8 Å². The Labute approximate surface area is 235 Å². The van der Waals surface area contributed by atoms with Crippen molar-refractivity contribution >= 4 is 46.2 Å². The average Bonchev–Trinajstić information content (AvgIpc) is 2.88. The lowest BCUT2D eigenvalue weighted by atomic mass is 9.87. The molecule has 12 heteroatoms. The van der Waals surface area contributed by atoms with Crippen molar-refractivity contribution in [2.24, 2.45) is 11.3 Å². The molecule has 0 saturated carbocycles. The van der Waals surface area contributed by atoms with Gasteiger partial charge in [0.1, 0.15) is 23.6 Å². The number of allylic oxidation sites excluding steroid dienone is 1. The van der Waals surface area contributed by atoms with E-state index in [1.54, 1.807) is 20.8 Å². The van der Waals surface area contributed by atoms with Gasteiger partial charge in [-0.1, -0.05) is 32.4 Å². The summed E-state index contributed by atoms with van der Waals surface area (Å²) in [6, 6.07) is 13.6. The van der Waals surface area contributed by atoms with Crippen molar-refractivity contribution in [1.82, 2.24) is 4.90 Å². The van der Waals surface area contributed by atoms with Crippen LogP contribution in [0.1, 0.15) is 38.8 Å². The van der Waals surface area contributed by atoms with E-state index in [-0.39, 0.29) is 34.6 Å². The van der Waals surface area contributed by atoms with Gasteiger partial charge in [-0.2, -0.15) is 5.26 Å². The number of nitro benzene ring substituents is 1. The van der Waals surface area contributed by atoms with E-state index < -0.39 is 39.6 Å². The van der Waals surface area contributed by atoms with Crippen molar-refractivity contribution in [1.29, 1.82) is 5.26 Å². The van der Waals surface area contributed by atoms with Crippen LogP contribution in [0.5, 0.6) is 5.75 Å². The van der Waals surface area contributed by atoms with Crippen LogP contribution in [0.25, 0.3) is 0 Å². The number of hydrogen-bond acceptors (Lipinski definition) is 9. The van der Waals surface area contributed by atoms with E-state index in [2.05, 4.69) is 0 Å². The van der Waals surface area contributed by atoms with Crippen LogP contribution in [0.4, 0.5) is 5.69 Å². The monoisotopic (exact) mass is 571 g/mol. The Hall–Kier alpha value is -3.85. The number of benzene rings is 2. The molecular weight excluding hydrogens is 546 g/mol. The quantitative estimate of drug-likeness (QED) is 0.0666. The summed E-state index contributed by atoms with van der Waals surface area (Å²) in [5.74, 6) is -2.14. The first-order valence-electron chi connectivity index (χ1n) is 11.8. The number of ketones is 1. The number of rotatable bonds is 9. The first-order chi connectivity index (χ1) is 18.3. The van der Waals surface area contributed by atoms with Gasteiger partial charge >= 0.3 is 0 Å². The van der Waals surface area contributed by atoms with Crippen molar-refractivity contribution < 1.29 is 29.1 Å². The van der Waals surface area contributed by atoms with Crippen LogP contribution < -0.4 is 4.74 Å². The standard InChI is InChI=1S/C27H26ClN3O7S/c1-15(32)20-24(28)30(25(20)34)21(26(39)37-14-17-5-9-18(10-6-17)31(35)36)22(23(33)27(2,3)4)38-19-11-7-16(13-29)8-12-19/h5-12,15,20,24,32H,14H2,1-4H3/t15-,20-,24-/m1/s1. The number of non-ortho nitro benzene ring substituents is 1. The van der Waals surface area contributed by atoms with Crippen molar-refractivity contribution in [3.05, 3.63) is 81.2 Å². The first kappa shape index (κ1) is 29.7. The molecule has 1 aliphatic heterocycles. The summed E-state index contributed by atoms with van der Waals surface area (Å²) in [5, 5.41) is 29.8. The van der Waals surface area contributed by atoms with E-state index in [1.165, 1.54) is 55.5 Å². The number of Topliss-reactive ketones (excluding diaryl/α,β-unsaturated/α-hetero) is 1. The molecule has 1 aliphatic rings. The number of alkyl halides is 1. The van der Waals surface area contributed by atoms with Crippen molar-refractivity contribution in [2.45, 2.75) is 45.9 Å². The van der Waals surface area contributed by atoms with E-state index in [0.29, 0.717) is 11.1 Å². The highest BCUT2D eigenvalue weighted by atomic mass is 35.5. The number of β-lactam (4-membered cyclic amide) rings is 1. The molecule has 0 aromatic heterocycles. The van der Waals surface area contributed by atoms with Crippen LogP contribution in [0.3, 0.4) is 0 Å². The van der Waals surface area contributed by atoms with E-state index in [4.69, 9.17) is 38.6 Å². The van der Waals surface area contributed by atoms with Gasteiger partial charge < -0.3 is 14.6 Å². The lowest BCUT2D eigenvalue weighted by Gasteiger charge is -2.46.